The summed E-state index contributed by atoms with van der Waals surface area (Å²) in [5, 5.41) is 4.53. The van der Waals surface area contributed by atoms with Gasteiger partial charge in [-0.2, -0.15) is 9.97 Å². The number of fused-ring (bicyclic) bond motifs is 6. The molecule has 0 saturated carbocycles. The van der Waals surface area contributed by atoms with Crippen molar-refractivity contribution in [3.05, 3.63) is 145 Å². The highest BCUT2D eigenvalue weighted by atomic mass is 16.3. The molecule has 1 aliphatic rings. The fourth-order valence-electron chi connectivity index (χ4n) is 6.47. The van der Waals surface area contributed by atoms with Gasteiger partial charge in [-0.3, -0.25) is 4.57 Å². The predicted molar refractivity (Wildman–Crippen MR) is 178 cm³/mol. The van der Waals surface area contributed by atoms with Crippen LogP contribution in [0.1, 0.15) is 18.2 Å². The second kappa shape index (κ2) is 9.89. The first-order valence-corrected chi connectivity index (χ1v) is 14.9. The maximum absolute atomic E-state index is 6.40. The molecule has 3 aromatic heterocycles. The molecule has 0 N–H and O–H groups in total. The molecule has 0 aliphatic heterocycles. The fraction of sp³-hybridized carbons (Fsp3) is 0.0513. The van der Waals surface area contributed by atoms with Crippen molar-refractivity contribution < 1.29 is 4.42 Å². The molecule has 0 spiro atoms. The molecule has 1 unspecified atom stereocenters. The maximum Gasteiger partial charge on any atom is 0.238 e. The summed E-state index contributed by atoms with van der Waals surface area (Å²) in [5.74, 6) is 2.16. The minimum Gasteiger partial charge on any atom is -0.455 e. The van der Waals surface area contributed by atoms with Crippen LogP contribution in [0.3, 0.4) is 0 Å². The molecule has 0 radical (unpaired) electrons. The number of hydrogen-bond acceptors (Lipinski definition) is 4. The Morgan fingerprint density at radius 2 is 1.41 bits per heavy atom. The predicted octanol–water partition coefficient (Wildman–Crippen LogP) is 9.80. The van der Waals surface area contributed by atoms with Crippen molar-refractivity contribution in [3.63, 3.8) is 0 Å². The number of para-hydroxylation sites is 3. The van der Waals surface area contributed by atoms with Crippen LogP contribution < -0.4 is 0 Å². The first-order valence-electron chi connectivity index (χ1n) is 14.9. The number of furan rings is 1. The summed E-state index contributed by atoms with van der Waals surface area (Å²) < 4.78 is 8.57. The van der Waals surface area contributed by atoms with E-state index in [-0.39, 0.29) is 5.92 Å². The molecule has 0 saturated heterocycles. The van der Waals surface area contributed by atoms with Gasteiger partial charge in [0.05, 0.1) is 11.0 Å². The first-order chi connectivity index (χ1) is 21.8. The minimum atomic E-state index is 0.0909. The summed E-state index contributed by atoms with van der Waals surface area (Å²) in [6.45, 7) is 0. The van der Waals surface area contributed by atoms with Crippen LogP contribution >= 0.6 is 0 Å². The zero-order chi connectivity index (χ0) is 29.0. The quantitative estimate of drug-likeness (QED) is 0.213. The highest BCUT2D eigenvalue weighted by Gasteiger charge is 2.21. The Kier molecular flexibility index (Phi) is 5.56. The number of hydrogen-bond donors (Lipinski definition) is 0. The van der Waals surface area contributed by atoms with Crippen molar-refractivity contribution >= 4 is 43.7 Å². The van der Waals surface area contributed by atoms with Gasteiger partial charge in [-0.1, -0.05) is 115 Å². The van der Waals surface area contributed by atoms with Gasteiger partial charge in [-0.25, -0.2) is 4.98 Å². The van der Waals surface area contributed by atoms with Crippen LogP contribution in [0.25, 0.3) is 72.2 Å². The van der Waals surface area contributed by atoms with Gasteiger partial charge in [0.25, 0.3) is 0 Å². The average Bonchev–Trinajstić information content (AvgIpc) is 3.64. The molecule has 1 atom stereocenters. The van der Waals surface area contributed by atoms with Crippen LogP contribution in [0.5, 0.6) is 0 Å². The smallest absolute Gasteiger partial charge is 0.238 e. The lowest BCUT2D eigenvalue weighted by molar-refractivity contribution is 0.670. The SMILES string of the molecule is C1=CCC(c2nc(-c3ccccc3)nc(-n3c4ccccc4c4cc(-c5cccc6c5oc5ccccc56)ccc43)n2)C=C1. The standard InChI is InChI=1S/C39H26N4O/c1-3-12-25(13-4-1)37-40-38(26-14-5-2-6-15-26)42-39(41-37)43-33-20-9-7-16-29(33)32-24-27(22-23-34(32)43)28-18-11-19-31-30-17-8-10-21-35(30)44-36(28)31/h1-14,16-24,26H,15H2. The molecule has 3 heterocycles. The third kappa shape index (κ3) is 3.90. The molecule has 0 amide bonds. The first kappa shape index (κ1) is 24.8. The van der Waals surface area contributed by atoms with E-state index in [9.17, 15) is 0 Å². The monoisotopic (exact) mass is 566 g/mol. The molecular weight excluding hydrogens is 540 g/mol. The summed E-state index contributed by atoms with van der Waals surface area (Å²) in [7, 11) is 0. The van der Waals surface area contributed by atoms with Gasteiger partial charge in [-0.05, 0) is 36.2 Å². The maximum atomic E-state index is 6.40. The van der Waals surface area contributed by atoms with Crippen LogP contribution in [0.2, 0.25) is 0 Å². The van der Waals surface area contributed by atoms with Crippen molar-refractivity contribution in [3.8, 4) is 28.5 Å². The minimum absolute atomic E-state index is 0.0909. The summed E-state index contributed by atoms with van der Waals surface area (Å²) >= 11 is 0. The zero-order valence-electron chi connectivity index (χ0n) is 23.8. The van der Waals surface area contributed by atoms with Crippen LogP contribution in [0.4, 0.5) is 0 Å². The fourth-order valence-corrected chi connectivity index (χ4v) is 6.47. The van der Waals surface area contributed by atoms with Gasteiger partial charge in [0, 0.05) is 38.6 Å². The summed E-state index contributed by atoms with van der Waals surface area (Å²) in [6.07, 6.45) is 9.35. The lowest BCUT2D eigenvalue weighted by Crippen LogP contribution is -2.11. The van der Waals surface area contributed by atoms with E-state index in [4.69, 9.17) is 19.4 Å². The highest BCUT2D eigenvalue weighted by molar-refractivity contribution is 6.13. The highest BCUT2D eigenvalue weighted by Crippen LogP contribution is 2.39. The second-order valence-electron chi connectivity index (χ2n) is 11.2. The molecule has 5 nitrogen and oxygen atoms in total. The van der Waals surface area contributed by atoms with E-state index in [1.165, 1.54) is 0 Å². The number of allylic oxidation sites excluding steroid dienone is 4. The number of nitrogens with zero attached hydrogens (tertiary/aromatic N) is 4. The van der Waals surface area contributed by atoms with Crippen LogP contribution in [-0.2, 0) is 0 Å². The summed E-state index contributed by atoms with van der Waals surface area (Å²) in [6, 6.07) is 39.9. The zero-order valence-corrected chi connectivity index (χ0v) is 23.8. The largest absolute Gasteiger partial charge is 0.455 e. The summed E-state index contributed by atoms with van der Waals surface area (Å²) in [5.41, 5.74) is 7.04. The molecule has 8 aromatic rings. The summed E-state index contributed by atoms with van der Waals surface area (Å²) in [4.78, 5) is 15.1. The van der Waals surface area contributed by atoms with E-state index in [2.05, 4.69) is 114 Å². The van der Waals surface area contributed by atoms with Gasteiger partial charge < -0.3 is 4.42 Å². The Bertz CT molecular complexity index is 2430. The van der Waals surface area contributed by atoms with E-state index in [0.717, 1.165) is 72.7 Å². The molecule has 44 heavy (non-hydrogen) atoms. The molecule has 0 bridgehead atoms. The van der Waals surface area contributed by atoms with E-state index >= 15 is 0 Å². The lowest BCUT2D eigenvalue weighted by Gasteiger charge is -2.15. The Hall–Kier alpha value is -5.81. The molecule has 5 heteroatoms. The van der Waals surface area contributed by atoms with Gasteiger partial charge in [0.15, 0.2) is 5.82 Å². The van der Waals surface area contributed by atoms with Crippen molar-refractivity contribution in [2.75, 3.05) is 0 Å². The van der Waals surface area contributed by atoms with Crippen molar-refractivity contribution in [1.29, 1.82) is 0 Å². The number of benzene rings is 5. The van der Waals surface area contributed by atoms with Crippen molar-refractivity contribution in [2.24, 2.45) is 0 Å². The Balaban J connectivity index is 1.28. The van der Waals surface area contributed by atoms with E-state index < -0.39 is 0 Å². The van der Waals surface area contributed by atoms with E-state index in [0.29, 0.717) is 11.8 Å². The Labute approximate surface area is 253 Å². The van der Waals surface area contributed by atoms with Gasteiger partial charge in [0.1, 0.15) is 17.0 Å². The molecule has 1 aliphatic carbocycles. The molecular formula is C39H26N4O. The number of aromatic nitrogens is 4. The van der Waals surface area contributed by atoms with Crippen molar-refractivity contribution in [2.45, 2.75) is 12.3 Å². The molecule has 0 fully saturated rings. The van der Waals surface area contributed by atoms with Crippen molar-refractivity contribution in [1.82, 2.24) is 19.5 Å². The van der Waals surface area contributed by atoms with E-state index in [1.54, 1.807) is 0 Å². The van der Waals surface area contributed by atoms with Crippen LogP contribution in [-0.4, -0.2) is 19.5 Å². The third-order valence-electron chi connectivity index (χ3n) is 8.57. The normalized spacial score (nSPS) is 14.8. The van der Waals surface area contributed by atoms with E-state index in [1.807, 2.05) is 30.3 Å². The molecule has 5 aromatic carbocycles. The van der Waals surface area contributed by atoms with Gasteiger partial charge >= 0.3 is 0 Å². The van der Waals surface area contributed by atoms with Gasteiger partial charge in [-0.15, -0.1) is 0 Å². The van der Waals surface area contributed by atoms with Gasteiger partial charge in [0.2, 0.25) is 5.95 Å². The third-order valence-corrected chi connectivity index (χ3v) is 8.57. The lowest BCUT2D eigenvalue weighted by atomic mass is 10.00. The molecule has 208 valence electrons. The van der Waals surface area contributed by atoms with Crippen LogP contribution in [0.15, 0.2) is 144 Å². The molecule has 9 rings (SSSR count). The number of rotatable bonds is 4. The Morgan fingerprint density at radius 3 is 2.30 bits per heavy atom. The Morgan fingerprint density at radius 1 is 0.614 bits per heavy atom. The average molecular weight is 567 g/mol. The topological polar surface area (TPSA) is 56.7 Å². The second-order valence-corrected chi connectivity index (χ2v) is 11.2. The van der Waals surface area contributed by atoms with Crippen LogP contribution in [0, 0.1) is 0 Å².